The lowest BCUT2D eigenvalue weighted by molar-refractivity contribution is 0.0949. The van der Waals surface area contributed by atoms with Crippen LogP contribution in [0.15, 0.2) is 71.6 Å². The van der Waals surface area contributed by atoms with Crippen LogP contribution in [0, 0.1) is 0 Å². The second-order valence-electron chi connectivity index (χ2n) is 7.98. The van der Waals surface area contributed by atoms with Gasteiger partial charge in [0.05, 0.1) is 10.6 Å². The van der Waals surface area contributed by atoms with E-state index in [-0.39, 0.29) is 29.2 Å². The molecule has 0 unspecified atom stereocenters. The Kier molecular flexibility index (Phi) is 5.58. The van der Waals surface area contributed by atoms with Crippen molar-refractivity contribution in [1.82, 2.24) is 5.32 Å². The number of fused-ring (bicyclic) bond motifs is 1. The molecular weight excluding hydrogens is 458 g/mol. The van der Waals surface area contributed by atoms with Gasteiger partial charge in [0.1, 0.15) is 0 Å². The highest BCUT2D eigenvalue weighted by Gasteiger charge is 2.24. The highest BCUT2D eigenvalue weighted by Crippen LogP contribution is 2.34. The first-order chi connectivity index (χ1) is 16.4. The molecule has 1 heterocycles. The predicted molar refractivity (Wildman–Crippen MR) is 125 cm³/mol. The van der Waals surface area contributed by atoms with Gasteiger partial charge in [-0.2, -0.15) is 0 Å². The number of nitrogens with one attached hydrogen (secondary N) is 3. The molecular formula is C24H21N3O6S. The Balaban J connectivity index is 1.30. The van der Waals surface area contributed by atoms with Crippen molar-refractivity contribution >= 4 is 33.2 Å². The maximum Gasteiger partial charge on any atom is 0.261 e. The number of rotatable bonds is 7. The van der Waals surface area contributed by atoms with Crippen LogP contribution in [-0.4, -0.2) is 33.1 Å². The van der Waals surface area contributed by atoms with E-state index in [2.05, 4.69) is 15.4 Å². The third kappa shape index (κ3) is 4.81. The van der Waals surface area contributed by atoms with Crippen molar-refractivity contribution < 1.29 is 27.5 Å². The summed E-state index contributed by atoms with van der Waals surface area (Å²) in [5.74, 6) is 0.290. The van der Waals surface area contributed by atoms with Gasteiger partial charge in [0.25, 0.3) is 21.8 Å². The summed E-state index contributed by atoms with van der Waals surface area (Å²) in [6.07, 6.45) is 1.95. The van der Waals surface area contributed by atoms with Gasteiger partial charge in [-0.05, 0) is 61.4 Å². The van der Waals surface area contributed by atoms with E-state index >= 15 is 0 Å². The minimum absolute atomic E-state index is 0.0737. The van der Waals surface area contributed by atoms with Crippen molar-refractivity contribution in [2.45, 2.75) is 23.8 Å². The van der Waals surface area contributed by atoms with Crippen LogP contribution >= 0.6 is 0 Å². The summed E-state index contributed by atoms with van der Waals surface area (Å²) in [4.78, 5) is 25.0. The lowest BCUT2D eigenvalue weighted by Gasteiger charge is -2.11. The Morgan fingerprint density at radius 1 is 0.794 bits per heavy atom. The molecule has 9 nitrogen and oxygen atoms in total. The number of hydrogen-bond acceptors (Lipinski definition) is 6. The van der Waals surface area contributed by atoms with Crippen molar-refractivity contribution in [1.29, 1.82) is 0 Å². The first kappa shape index (κ1) is 21.8. The summed E-state index contributed by atoms with van der Waals surface area (Å²) in [5, 5.41) is 5.61. The fourth-order valence-corrected chi connectivity index (χ4v) is 4.51. The summed E-state index contributed by atoms with van der Waals surface area (Å²) < 4.78 is 38.8. The first-order valence-electron chi connectivity index (χ1n) is 10.6. The van der Waals surface area contributed by atoms with E-state index in [1.807, 2.05) is 0 Å². The second-order valence-corrected chi connectivity index (χ2v) is 9.67. The molecule has 0 atom stereocenters. The number of carbonyl (C=O) groups excluding carboxylic acids is 2. The van der Waals surface area contributed by atoms with Gasteiger partial charge < -0.3 is 20.1 Å². The van der Waals surface area contributed by atoms with Gasteiger partial charge in [-0.15, -0.1) is 0 Å². The number of hydrogen-bond donors (Lipinski definition) is 3. The zero-order valence-electron chi connectivity index (χ0n) is 17.9. The van der Waals surface area contributed by atoms with E-state index in [1.165, 1.54) is 30.3 Å². The third-order valence-corrected chi connectivity index (χ3v) is 6.71. The van der Waals surface area contributed by atoms with E-state index in [9.17, 15) is 18.0 Å². The zero-order valence-corrected chi connectivity index (χ0v) is 18.7. The molecule has 1 fully saturated rings. The average molecular weight is 480 g/mol. The van der Waals surface area contributed by atoms with E-state index in [0.29, 0.717) is 28.4 Å². The molecule has 0 radical (unpaired) electrons. The van der Waals surface area contributed by atoms with E-state index < -0.39 is 15.9 Å². The van der Waals surface area contributed by atoms with E-state index in [4.69, 9.17) is 9.47 Å². The quantitative estimate of drug-likeness (QED) is 0.478. The van der Waals surface area contributed by atoms with Crippen LogP contribution < -0.4 is 24.8 Å². The summed E-state index contributed by atoms with van der Waals surface area (Å²) in [5.41, 5.74) is 1.33. The smallest absolute Gasteiger partial charge is 0.261 e. The summed E-state index contributed by atoms with van der Waals surface area (Å²) >= 11 is 0. The Bertz CT molecular complexity index is 1380. The Labute approximate surface area is 196 Å². The molecule has 0 aromatic heterocycles. The minimum Gasteiger partial charge on any atom is -0.454 e. The van der Waals surface area contributed by atoms with Gasteiger partial charge in [-0.3, -0.25) is 14.3 Å². The number of anilines is 2. The molecule has 1 aliphatic carbocycles. The molecule has 3 aromatic rings. The Hall–Kier alpha value is -4.05. The van der Waals surface area contributed by atoms with Crippen molar-refractivity contribution in [3.05, 3.63) is 77.9 Å². The number of sulfonamides is 1. The number of benzene rings is 3. The molecule has 1 saturated carbocycles. The third-order valence-electron chi connectivity index (χ3n) is 5.33. The fourth-order valence-electron chi connectivity index (χ4n) is 3.42. The SMILES string of the molecule is O=C(Nc1cccc(C(=O)NC2CC2)c1)c1cccc(S(=O)(=O)Nc2ccc3c(c2)OCO3)c1. The summed E-state index contributed by atoms with van der Waals surface area (Å²) in [6, 6.07) is 17.2. The van der Waals surface area contributed by atoms with E-state index in [0.717, 1.165) is 12.8 Å². The molecule has 0 spiro atoms. The van der Waals surface area contributed by atoms with Crippen molar-refractivity contribution in [3.63, 3.8) is 0 Å². The fraction of sp³-hybridized carbons (Fsp3) is 0.167. The molecule has 174 valence electrons. The van der Waals surface area contributed by atoms with Crippen LogP contribution in [0.3, 0.4) is 0 Å². The number of amides is 2. The summed E-state index contributed by atoms with van der Waals surface area (Å²) in [6.45, 7) is 0.0802. The maximum atomic E-state index is 12.9. The summed E-state index contributed by atoms with van der Waals surface area (Å²) in [7, 11) is -3.96. The van der Waals surface area contributed by atoms with Crippen molar-refractivity contribution in [3.8, 4) is 11.5 Å². The van der Waals surface area contributed by atoms with Gasteiger partial charge in [0, 0.05) is 28.9 Å². The molecule has 34 heavy (non-hydrogen) atoms. The van der Waals surface area contributed by atoms with Gasteiger partial charge in [0.2, 0.25) is 6.79 Å². The van der Waals surface area contributed by atoms with Gasteiger partial charge >= 0.3 is 0 Å². The first-order valence-corrected chi connectivity index (χ1v) is 12.1. The second kappa shape index (κ2) is 8.71. The topological polar surface area (TPSA) is 123 Å². The molecule has 3 N–H and O–H groups in total. The molecule has 5 rings (SSSR count). The molecule has 0 bridgehead atoms. The zero-order chi connectivity index (χ0) is 23.7. The van der Waals surface area contributed by atoms with Crippen molar-refractivity contribution in [2.24, 2.45) is 0 Å². The average Bonchev–Trinajstić information content (AvgIpc) is 3.52. The molecule has 2 aliphatic rings. The molecule has 2 amide bonds. The van der Waals surface area contributed by atoms with Gasteiger partial charge in [0.15, 0.2) is 11.5 Å². The normalized spacial score (nSPS) is 14.4. The highest BCUT2D eigenvalue weighted by molar-refractivity contribution is 7.92. The van der Waals surface area contributed by atoms with E-state index in [1.54, 1.807) is 36.4 Å². The van der Waals surface area contributed by atoms with Crippen LogP contribution in [0.2, 0.25) is 0 Å². The lowest BCUT2D eigenvalue weighted by atomic mass is 10.1. The minimum atomic E-state index is -3.96. The largest absolute Gasteiger partial charge is 0.454 e. The molecule has 3 aromatic carbocycles. The molecule has 10 heteroatoms. The van der Waals surface area contributed by atoms with Crippen LogP contribution in [0.4, 0.5) is 11.4 Å². The van der Waals surface area contributed by atoms with Crippen LogP contribution in [0.5, 0.6) is 11.5 Å². The molecule has 0 saturated heterocycles. The lowest BCUT2D eigenvalue weighted by Crippen LogP contribution is -2.25. The Morgan fingerprint density at radius 2 is 1.53 bits per heavy atom. The maximum absolute atomic E-state index is 12.9. The number of carbonyl (C=O) groups is 2. The standard InChI is InChI=1S/C24H21N3O6S/c28-23(25-17-7-8-17)15-3-1-5-18(11-15)26-24(29)16-4-2-6-20(12-16)34(30,31)27-19-9-10-21-22(13-19)33-14-32-21/h1-6,9-13,17,27H,7-8,14H2,(H,25,28)(H,26,29). The van der Waals surface area contributed by atoms with Crippen LogP contribution in [-0.2, 0) is 10.0 Å². The van der Waals surface area contributed by atoms with Crippen LogP contribution in [0.25, 0.3) is 0 Å². The Morgan fingerprint density at radius 3 is 2.32 bits per heavy atom. The van der Waals surface area contributed by atoms with Gasteiger partial charge in [-0.1, -0.05) is 12.1 Å². The number of ether oxygens (including phenoxy) is 2. The molecule has 1 aliphatic heterocycles. The van der Waals surface area contributed by atoms with Crippen LogP contribution in [0.1, 0.15) is 33.6 Å². The predicted octanol–water partition coefficient (Wildman–Crippen LogP) is 3.36. The van der Waals surface area contributed by atoms with Crippen molar-refractivity contribution in [2.75, 3.05) is 16.8 Å². The monoisotopic (exact) mass is 479 g/mol. The van der Waals surface area contributed by atoms with Gasteiger partial charge in [-0.25, -0.2) is 8.42 Å². The highest BCUT2D eigenvalue weighted by atomic mass is 32.2.